The molecule has 1 N–H and O–H groups in total. The molecular weight excluding hydrogens is 510 g/mol. The summed E-state index contributed by atoms with van der Waals surface area (Å²) in [5.41, 5.74) is 2.38. The van der Waals surface area contributed by atoms with Crippen LogP contribution in [0.5, 0.6) is 0 Å². The lowest BCUT2D eigenvalue weighted by molar-refractivity contribution is -0.130. The van der Waals surface area contributed by atoms with Crippen molar-refractivity contribution >= 4 is 17.5 Å². The molecular formula is C36H59NO4. The summed E-state index contributed by atoms with van der Waals surface area (Å²) in [6.45, 7) is 15.7. The molecule has 3 fully saturated rings. The van der Waals surface area contributed by atoms with Crippen molar-refractivity contribution in [1.29, 1.82) is 0 Å². The van der Waals surface area contributed by atoms with Crippen LogP contribution in [-0.2, 0) is 19.1 Å². The second-order valence-corrected chi connectivity index (χ2v) is 15.4. The SMILES string of the molecule is CC(=O)NCC(=O)CC(COC1CC[C@@]2(C)C(=CC[C@H]3[C@@H]4CC[C@H]([C@H](C)CCCC(C)C)[C@@]4(C)CC[C@@H]32)C1)C(C)=O. The number of ketones is 2. The maximum atomic E-state index is 12.3. The summed E-state index contributed by atoms with van der Waals surface area (Å²) >= 11 is 0. The van der Waals surface area contributed by atoms with Crippen LogP contribution in [-0.4, -0.2) is 36.7 Å². The molecule has 0 aromatic carbocycles. The first-order chi connectivity index (χ1) is 19.3. The minimum absolute atomic E-state index is 0.0177. The van der Waals surface area contributed by atoms with E-state index in [-0.39, 0.29) is 42.0 Å². The van der Waals surface area contributed by atoms with Crippen LogP contribution in [0.15, 0.2) is 11.6 Å². The van der Waals surface area contributed by atoms with Crippen LogP contribution in [0.25, 0.3) is 0 Å². The van der Waals surface area contributed by atoms with E-state index in [4.69, 9.17) is 4.74 Å². The monoisotopic (exact) mass is 569 g/mol. The molecule has 5 nitrogen and oxygen atoms in total. The number of fused-ring (bicyclic) bond motifs is 5. The zero-order valence-electron chi connectivity index (χ0n) is 27.2. The van der Waals surface area contributed by atoms with Gasteiger partial charge in [-0.3, -0.25) is 14.4 Å². The van der Waals surface area contributed by atoms with Crippen LogP contribution >= 0.6 is 0 Å². The van der Waals surface area contributed by atoms with Crippen molar-refractivity contribution in [1.82, 2.24) is 5.32 Å². The van der Waals surface area contributed by atoms with E-state index in [0.29, 0.717) is 12.0 Å². The highest BCUT2D eigenvalue weighted by atomic mass is 16.5. The number of amides is 1. The molecule has 1 amide bonds. The number of nitrogens with one attached hydrogen (secondary N) is 1. The molecule has 3 saturated carbocycles. The molecule has 0 heterocycles. The minimum Gasteiger partial charge on any atom is -0.377 e. The van der Waals surface area contributed by atoms with Crippen molar-refractivity contribution in [2.45, 2.75) is 132 Å². The number of Topliss-reactive ketones (excluding diaryl/α,β-unsaturated/α-hetero) is 2. The van der Waals surface area contributed by atoms with Gasteiger partial charge in [0.2, 0.25) is 5.91 Å². The lowest BCUT2D eigenvalue weighted by atomic mass is 9.47. The molecule has 0 aliphatic heterocycles. The van der Waals surface area contributed by atoms with Gasteiger partial charge in [-0.1, -0.05) is 65.5 Å². The van der Waals surface area contributed by atoms with E-state index >= 15 is 0 Å². The van der Waals surface area contributed by atoms with Gasteiger partial charge in [-0.2, -0.15) is 0 Å². The zero-order valence-corrected chi connectivity index (χ0v) is 27.2. The average molecular weight is 570 g/mol. The standard InChI is InChI=1S/C36H59NO4/c1-23(2)9-8-10-24(3)32-13-14-33-31-12-11-28-20-30(15-17-35(28,6)34(31)16-18-36(32,33)7)41-22-27(25(4)38)19-29(40)21-37-26(5)39/h11,23-24,27,30-34H,8-10,12-22H2,1-7H3,(H,37,39)/t24-,27?,30?,31+,32-,33+,34+,35+,36-/m1/s1. The normalized spacial score (nSPS) is 36.0. The number of carbonyl (C=O) groups is 3. The fourth-order valence-electron chi connectivity index (χ4n) is 9.94. The Bertz CT molecular complexity index is 986. The van der Waals surface area contributed by atoms with Crippen LogP contribution in [0.1, 0.15) is 126 Å². The number of carbonyl (C=O) groups excluding carboxylic acids is 3. The van der Waals surface area contributed by atoms with E-state index in [1.807, 2.05) is 0 Å². The van der Waals surface area contributed by atoms with E-state index in [0.717, 1.165) is 54.8 Å². The summed E-state index contributed by atoms with van der Waals surface area (Å²) in [5.74, 6) is 4.22. The molecule has 232 valence electrons. The van der Waals surface area contributed by atoms with Crippen LogP contribution in [0.4, 0.5) is 0 Å². The number of hydrogen-bond donors (Lipinski definition) is 1. The van der Waals surface area contributed by atoms with Crippen LogP contribution < -0.4 is 5.32 Å². The van der Waals surface area contributed by atoms with Crippen molar-refractivity contribution in [2.75, 3.05) is 13.2 Å². The predicted octanol–water partition coefficient (Wildman–Crippen LogP) is 7.71. The van der Waals surface area contributed by atoms with E-state index < -0.39 is 5.92 Å². The maximum absolute atomic E-state index is 12.3. The third-order valence-electron chi connectivity index (χ3n) is 12.4. The summed E-state index contributed by atoms with van der Waals surface area (Å²) in [7, 11) is 0. The highest BCUT2D eigenvalue weighted by molar-refractivity contribution is 5.89. The Morgan fingerprint density at radius 3 is 2.44 bits per heavy atom. The van der Waals surface area contributed by atoms with Gasteiger partial charge in [0, 0.05) is 19.3 Å². The Labute approximate surface area is 250 Å². The summed E-state index contributed by atoms with van der Waals surface area (Å²) in [4.78, 5) is 35.7. The highest BCUT2D eigenvalue weighted by Crippen LogP contribution is 2.67. The molecule has 4 aliphatic rings. The Kier molecular flexibility index (Phi) is 10.6. The van der Waals surface area contributed by atoms with Gasteiger partial charge in [0.1, 0.15) is 5.78 Å². The van der Waals surface area contributed by atoms with Crippen molar-refractivity contribution < 1.29 is 19.1 Å². The van der Waals surface area contributed by atoms with Crippen molar-refractivity contribution in [3.63, 3.8) is 0 Å². The first-order valence-electron chi connectivity index (χ1n) is 16.9. The summed E-state index contributed by atoms with van der Waals surface area (Å²) in [6.07, 6.45) is 17.0. The second-order valence-electron chi connectivity index (χ2n) is 15.4. The molecule has 0 aromatic rings. The summed E-state index contributed by atoms with van der Waals surface area (Å²) in [5, 5.41) is 2.54. The van der Waals surface area contributed by atoms with Crippen LogP contribution in [0, 0.1) is 52.3 Å². The summed E-state index contributed by atoms with van der Waals surface area (Å²) < 4.78 is 6.33. The lowest BCUT2D eigenvalue weighted by Gasteiger charge is -2.58. The summed E-state index contributed by atoms with van der Waals surface area (Å²) in [6, 6.07) is 0. The molecule has 0 spiro atoms. The van der Waals surface area contributed by atoms with Gasteiger partial charge in [-0.25, -0.2) is 0 Å². The number of hydrogen-bond acceptors (Lipinski definition) is 4. The van der Waals surface area contributed by atoms with Crippen LogP contribution in [0.2, 0.25) is 0 Å². The van der Waals surface area contributed by atoms with Gasteiger partial charge in [0.15, 0.2) is 5.78 Å². The Morgan fingerprint density at radius 1 is 1.00 bits per heavy atom. The quantitative estimate of drug-likeness (QED) is 0.231. The number of allylic oxidation sites excluding steroid dienone is 1. The lowest BCUT2D eigenvalue weighted by Crippen LogP contribution is -2.51. The zero-order chi connectivity index (χ0) is 29.9. The number of rotatable bonds is 13. The van der Waals surface area contributed by atoms with E-state index in [2.05, 4.69) is 46.0 Å². The molecule has 0 aromatic heterocycles. The van der Waals surface area contributed by atoms with Crippen molar-refractivity contribution in [3.05, 3.63) is 11.6 Å². The third-order valence-corrected chi connectivity index (χ3v) is 12.4. The fraction of sp³-hybridized carbons (Fsp3) is 0.861. The van der Waals surface area contributed by atoms with Crippen LogP contribution in [0.3, 0.4) is 0 Å². The molecule has 9 atom stereocenters. The van der Waals surface area contributed by atoms with Crippen molar-refractivity contribution in [2.24, 2.45) is 52.3 Å². The van der Waals surface area contributed by atoms with Gasteiger partial charge in [0.25, 0.3) is 0 Å². The van der Waals surface area contributed by atoms with Gasteiger partial charge in [0.05, 0.1) is 19.3 Å². The molecule has 2 unspecified atom stereocenters. The van der Waals surface area contributed by atoms with Crippen molar-refractivity contribution in [3.8, 4) is 0 Å². The Hall–Kier alpha value is -1.49. The maximum Gasteiger partial charge on any atom is 0.217 e. The second kappa shape index (κ2) is 13.4. The molecule has 4 rings (SSSR count). The smallest absolute Gasteiger partial charge is 0.217 e. The molecule has 0 saturated heterocycles. The largest absolute Gasteiger partial charge is 0.377 e. The van der Waals surface area contributed by atoms with E-state index in [1.54, 1.807) is 5.57 Å². The molecule has 5 heteroatoms. The van der Waals surface area contributed by atoms with E-state index in [9.17, 15) is 14.4 Å². The Morgan fingerprint density at radius 2 is 1.76 bits per heavy atom. The Balaban J connectivity index is 1.35. The van der Waals surface area contributed by atoms with E-state index in [1.165, 1.54) is 65.2 Å². The highest BCUT2D eigenvalue weighted by Gasteiger charge is 2.59. The van der Waals surface area contributed by atoms with Gasteiger partial charge in [-0.15, -0.1) is 0 Å². The molecule has 0 bridgehead atoms. The molecule has 41 heavy (non-hydrogen) atoms. The third kappa shape index (κ3) is 7.19. The first kappa shape index (κ1) is 32.4. The molecule has 0 radical (unpaired) electrons. The average Bonchev–Trinajstić information content (AvgIpc) is 3.26. The first-order valence-corrected chi connectivity index (χ1v) is 16.9. The van der Waals surface area contributed by atoms with Gasteiger partial charge < -0.3 is 10.1 Å². The topological polar surface area (TPSA) is 72.5 Å². The molecule has 4 aliphatic carbocycles. The van der Waals surface area contributed by atoms with Gasteiger partial charge >= 0.3 is 0 Å². The predicted molar refractivity (Wildman–Crippen MR) is 165 cm³/mol. The number of ether oxygens (including phenoxy) is 1. The van der Waals surface area contributed by atoms with Gasteiger partial charge in [-0.05, 0) is 105 Å². The fourth-order valence-corrected chi connectivity index (χ4v) is 9.94. The minimum atomic E-state index is -0.437.